The average Bonchev–Trinajstić information content (AvgIpc) is 2.67. The summed E-state index contributed by atoms with van der Waals surface area (Å²) in [6.45, 7) is 7.59. The molecule has 1 aliphatic rings. The Morgan fingerprint density at radius 2 is 1.79 bits per heavy atom. The van der Waals surface area contributed by atoms with Crippen molar-refractivity contribution in [2.45, 2.75) is 13.5 Å². The Balaban J connectivity index is 1.55. The van der Waals surface area contributed by atoms with Crippen LogP contribution < -0.4 is 10.2 Å². The fourth-order valence-electron chi connectivity index (χ4n) is 2.65. The minimum atomic E-state index is -0.172. The Morgan fingerprint density at radius 3 is 2.42 bits per heavy atom. The molecule has 0 aromatic carbocycles. The number of piperazine rings is 1. The molecule has 0 radical (unpaired) electrons. The van der Waals surface area contributed by atoms with Crippen molar-refractivity contribution in [3.63, 3.8) is 0 Å². The third-order valence-electron chi connectivity index (χ3n) is 4.21. The number of hydrogen-bond acceptors (Lipinski definition) is 6. The van der Waals surface area contributed by atoms with E-state index in [1.807, 2.05) is 12.1 Å². The summed E-state index contributed by atoms with van der Waals surface area (Å²) in [5, 5.41) is 2.86. The van der Waals surface area contributed by atoms with Gasteiger partial charge < -0.3 is 15.1 Å². The van der Waals surface area contributed by atoms with E-state index in [0.29, 0.717) is 18.1 Å². The number of anilines is 1. The highest BCUT2D eigenvalue weighted by Crippen LogP contribution is 2.11. The number of likely N-dealkylation sites (N-methyl/N-ethyl adjacent to an activating group) is 1. The molecule has 1 fully saturated rings. The monoisotopic (exact) mass is 326 g/mol. The standard InChI is InChI=1S/C17H22N6O/c1-2-22-7-9-23(10-8-22)17-20-12-15(13-21-17)16(24)19-11-14-3-5-18-6-4-14/h3-6,12-13H,2,7-11H2,1H3,(H,19,24). The minimum absolute atomic E-state index is 0.172. The number of carbonyl (C=O) groups excluding carboxylic acids is 1. The van der Waals surface area contributed by atoms with Gasteiger partial charge in [-0.15, -0.1) is 0 Å². The number of carbonyl (C=O) groups is 1. The van der Waals surface area contributed by atoms with Crippen LogP contribution in [0, 0.1) is 0 Å². The highest BCUT2D eigenvalue weighted by atomic mass is 16.1. The molecule has 2 aromatic rings. The quantitative estimate of drug-likeness (QED) is 0.881. The van der Waals surface area contributed by atoms with Crippen LogP contribution in [0.3, 0.4) is 0 Å². The second-order valence-electron chi connectivity index (χ2n) is 5.73. The molecule has 0 bridgehead atoms. The van der Waals surface area contributed by atoms with Gasteiger partial charge in [-0.3, -0.25) is 9.78 Å². The van der Waals surface area contributed by atoms with Gasteiger partial charge in [0.2, 0.25) is 5.95 Å². The smallest absolute Gasteiger partial charge is 0.254 e. The molecule has 126 valence electrons. The van der Waals surface area contributed by atoms with E-state index >= 15 is 0 Å². The maximum Gasteiger partial charge on any atom is 0.254 e. The molecular formula is C17H22N6O. The third-order valence-corrected chi connectivity index (χ3v) is 4.21. The van der Waals surface area contributed by atoms with Crippen molar-refractivity contribution < 1.29 is 4.79 Å². The van der Waals surface area contributed by atoms with Crippen molar-refractivity contribution in [2.75, 3.05) is 37.6 Å². The van der Waals surface area contributed by atoms with Crippen molar-refractivity contribution in [1.82, 2.24) is 25.2 Å². The van der Waals surface area contributed by atoms with Crippen LogP contribution in [-0.2, 0) is 6.54 Å². The molecule has 0 atom stereocenters. The maximum absolute atomic E-state index is 12.2. The van der Waals surface area contributed by atoms with Gasteiger partial charge >= 0.3 is 0 Å². The van der Waals surface area contributed by atoms with Crippen LogP contribution in [-0.4, -0.2) is 58.5 Å². The first-order chi connectivity index (χ1) is 11.8. The highest BCUT2D eigenvalue weighted by molar-refractivity contribution is 5.93. The van der Waals surface area contributed by atoms with Gasteiger partial charge in [-0.1, -0.05) is 6.92 Å². The van der Waals surface area contributed by atoms with E-state index in [4.69, 9.17) is 0 Å². The van der Waals surface area contributed by atoms with Crippen LogP contribution in [0.2, 0.25) is 0 Å². The van der Waals surface area contributed by atoms with E-state index in [-0.39, 0.29) is 5.91 Å². The summed E-state index contributed by atoms with van der Waals surface area (Å²) in [6, 6.07) is 3.74. The molecule has 1 aliphatic heterocycles. The lowest BCUT2D eigenvalue weighted by molar-refractivity contribution is 0.0950. The second-order valence-corrected chi connectivity index (χ2v) is 5.73. The predicted molar refractivity (Wildman–Crippen MR) is 91.8 cm³/mol. The van der Waals surface area contributed by atoms with Gasteiger partial charge in [-0.05, 0) is 24.2 Å². The molecule has 1 N–H and O–H groups in total. The molecule has 0 unspecified atom stereocenters. The summed E-state index contributed by atoms with van der Waals surface area (Å²) in [5.74, 6) is 0.519. The first-order valence-electron chi connectivity index (χ1n) is 8.22. The molecule has 3 heterocycles. The number of hydrogen-bond donors (Lipinski definition) is 1. The van der Waals surface area contributed by atoms with Crippen molar-refractivity contribution in [2.24, 2.45) is 0 Å². The second kappa shape index (κ2) is 7.83. The molecule has 24 heavy (non-hydrogen) atoms. The molecule has 3 rings (SSSR count). The first kappa shape index (κ1) is 16.3. The van der Waals surface area contributed by atoms with Crippen LogP contribution in [0.4, 0.5) is 5.95 Å². The van der Waals surface area contributed by atoms with E-state index < -0.39 is 0 Å². The van der Waals surface area contributed by atoms with Crippen LogP contribution in [0.5, 0.6) is 0 Å². The molecule has 7 heteroatoms. The minimum Gasteiger partial charge on any atom is -0.348 e. The zero-order valence-corrected chi connectivity index (χ0v) is 13.9. The van der Waals surface area contributed by atoms with Gasteiger partial charge in [0.1, 0.15) is 0 Å². The summed E-state index contributed by atoms with van der Waals surface area (Å²) in [6.07, 6.45) is 6.60. The Bertz CT molecular complexity index is 653. The number of nitrogens with one attached hydrogen (secondary N) is 1. The topological polar surface area (TPSA) is 74.2 Å². The summed E-state index contributed by atoms with van der Waals surface area (Å²) < 4.78 is 0. The largest absolute Gasteiger partial charge is 0.348 e. The van der Waals surface area contributed by atoms with Crippen LogP contribution in [0.1, 0.15) is 22.8 Å². The normalized spacial score (nSPS) is 15.3. The van der Waals surface area contributed by atoms with Crippen molar-refractivity contribution in [3.05, 3.63) is 48.0 Å². The number of pyridine rings is 1. The molecule has 0 aliphatic carbocycles. The van der Waals surface area contributed by atoms with Crippen molar-refractivity contribution in [1.29, 1.82) is 0 Å². The van der Waals surface area contributed by atoms with E-state index in [9.17, 15) is 4.79 Å². The lowest BCUT2D eigenvalue weighted by Crippen LogP contribution is -2.46. The van der Waals surface area contributed by atoms with Gasteiger partial charge in [0.25, 0.3) is 5.91 Å². The Kier molecular flexibility index (Phi) is 5.32. The summed E-state index contributed by atoms with van der Waals surface area (Å²) in [4.78, 5) is 29.4. The van der Waals surface area contributed by atoms with E-state index in [2.05, 4.69) is 37.0 Å². The molecule has 1 amide bonds. The van der Waals surface area contributed by atoms with Crippen molar-refractivity contribution in [3.8, 4) is 0 Å². The average molecular weight is 326 g/mol. The molecule has 2 aromatic heterocycles. The van der Waals surface area contributed by atoms with Crippen LogP contribution in [0.25, 0.3) is 0 Å². The fraction of sp³-hybridized carbons (Fsp3) is 0.412. The fourth-order valence-corrected chi connectivity index (χ4v) is 2.65. The molecule has 0 saturated carbocycles. The zero-order valence-electron chi connectivity index (χ0n) is 13.9. The summed E-state index contributed by atoms with van der Waals surface area (Å²) in [7, 11) is 0. The first-order valence-corrected chi connectivity index (χ1v) is 8.22. The van der Waals surface area contributed by atoms with Gasteiger partial charge in [0, 0.05) is 57.5 Å². The van der Waals surface area contributed by atoms with Gasteiger partial charge in [0.05, 0.1) is 5.56 Å². The van der Waals surface area contributed by atoms with Gasteiger partial charge in [-0.2, -0.15) is 0 Å². The maximum atomic E-state index is 12.2. The predicted octanol–water partition coefficient (Wildman–Crippen LogP) is 0.943. The highest BCUT2D eigenvalue weighted by Gasteiger charge is 2.18. The Hall–Kier alpha value is -2.54. The number of amides is 1. The Labute approximate surface area is 141 Å². The van der Waals surface area contributed by atoms with E-state index in [0.717, 1.165) is 38.3 Å². The lowest BCUT2D eigenvalue weighted by Gasteiger charge is -2.33. The third kappa shape index (κ3) is 4.05. The summed E-state index contributed by atoms with van der Waals surface area (Å²) >= 11 is 0. The number of rotatable bonds is 5. The molecular weight excluding hydrogens is 304 g/mol. The summed E-state index contributed by atoms with van der Waals surface area (Å²) in [5.41, 5.74) is 1.48. The van der Waals surface area contributed by atoms with Crippen molar-refractivity contribution >= 4 is 11.9 Å². The number of aromatic nitrogens is 3. The molecule has 7 nitrogen and oxygen atoms in total. The van der Waals surface area contributed by atoms with E-state index in [1.54, 1.807) is 24.8 Å². The Morgan fingerprint density at radius 1 is 1.12 bits per heavy atom. The number of nitrogens with zero attached hydrogens (tertiary/aromatic N) is 5. The van der Waals surface area contributed by atoms with Crippen LogP contribution in [0.15, 0.2) is 36.9 Å². The lowest BCUT2D eigenvalue weighted by atomic mass is 10.2. The zero-order chi connectivity index (χ0) is 16.8. The van der Waals surface area contributed by atoms with Crippen LogP contribution >= 0.6 is 0 Å². The molecule has 0 spiro atoms. The van der Waals surface area contributed by atoms with E-state index in [1.165, 1.54) is 0 Å². The SMILES string of the molecule is CCN1CCN(c2ncc(C(=O)NCc3ccncc3)cn2)CC1. The molecule has 1 saturated heterocycles. The van der Waals surface area contributed by atoms with Gasteiger partial charge in [-0.25, -0.2) is 9.97 Å². The van der Waals surface area contributed by atoms with Gasteiger partial charge in [0.15, 0.2) is 0 Å².